The summed E-state index contributed by atoms with van der Waals surface area (Å²) in [5.74, 6) is 1.23. The van der Waals surface area contributed by atoms with Gasteiger partial charge in [-0.25, -0.2) is 4.79 Å². The molecule has 5 rings (SSSR count). The maximum absolute atomic E-state index is 13.2. The minimum atomic E-state index is -0.825. The molecule has 8 heteroatoms. The highest BCUT2D eigenvalue weighted by Crippen LogP contribution is 2.45. The van der Waals surface area contributed by atoms with E-state index in [0.29, 0.717) is 39.3 Å². The van der Waals surface area contributed by atoms with Crippen LogP contribution in [0.4, 0.5) is 0 Å². The Hall–Kier alpha value is -4.90. The van der Waals surface area contributed by atoms with E-state index >= 15 is 0 Å². The largest absolute Gasteiger partial charge is 0.497 e. The van der Waals surface area contributed by atoms with Crippen LogP contribution in [-0.2, 0) is 6.61 Å². The Morgan fingerprint density at radius 2 is 1.72 bits per heavy atom. The van der Waals surface area contributed by atoms with E-state index < -0.39 is 11.5 Å². The van der Waals surface area contributed by atoms with Gasteiger partial charge in [0.15, 0.2) is 5.75 Å². The summed E-state index contributed by atoms with van der Waals surface area (Å²) < 4.78 is 28.2. The number of benzene rings is 3. The van der Waals surface area contributed by atoms with E-state index in [1.165, 1.54) is 0 Å². The third kappa shape index (κ3) is 3.97. The van der Waals surface area contributed by atoms with Gasteiger partial charge in [-0.05, 0) is 47.5 Å². The zero-order valence-electron chi connectivity index (χ0n) is 19.6. The number of nitrogens with two attached hydrogens (primary N) is 1. The van der Waals surface area contributed by atoms with Crippen molar-refractivity contribution in [3.63, 3.8) is 0 Å². The molecule has 4 aromatic rings. The van der Waals surface area contributed by atoms with Gasteiger partial charge in [-0.2, -0.15) is 5.26 Å². The summed E-state index contributed by atoms with van der Waals surface area (Å²) >= 11 is 0. The average molecular weight is 482 g/mol. The van der Waals surface area contributed by atoms with Crippen LogP contribution in [0.2, 0.25) is 0 Å². The number of para-hydroxylation sites is 1. The van der Waals surface area contributed by atoms with Crippen LogP contribution in [0, 0.1) is 11.3 Å². The van der Waals surface area contributed by atoms with Gasteiger partial charge in [0.25, 0.3) is 0 Å². The molecule has 180 valence electrons. The van der Waals surface area contributed by atoms with Gasteiger partial charge in [0.05, 0.1) is 31.1 Å². The molecule has 0 fully saturated rings. The highest BCUT2D eigenvalue weighted by Gasteiger charge is 2.36. The smallest absolute Gasteiger partial charge is 0.344 e. The lowest BCUT2D eigenvalue weighted by atomic mass is 9.81. The Labute approximate surface area is 206 Å². The van der Waals surface area contributed by atoms with Gasteiger partial charge in [0.2, 0.25) is 5.88 Å². The topological polar surface area (TPSA) is 117 Å². The number of methoxy groups -OCH3 is 2. The number of fused-ring (bicyclic) bond motifs is 3. The van der Waals surface area contributed by atoms with Gasteiger partial charge in [-0.3, -0.25) is 0 Å². The van der Waals surface area contributed by atoms with Crippen molar-refractivity contribution in [2.45, 2.75) is 12.5 Å². The second-order valence-corrected chi connectivity index (χ2v) is 8.09. The summed E-state index contributed by atoms with van der Waals surface area (Å²) in [6.45, 7) is 0.129. The van der Waals surface area contributed by atoms with Crippen molar-refractivity contribution in [2.24, 2.45) is 5.73 Å². The Kier molecular flexibility index (Phi) is 5.97. The van der Waals surface area contributed by atoms with E-state index in [0.717, 1.165) is 0 Å². The zero-order chi connectivity index (χ0) is 25.2. The summed E-state index contributed by atoms with van der Waals surface area (Å²) in [7, 11) is 3.14. The number of ether oxygens (including phenoxy) is 4. The first-order chi connectivity index (χ1) is 17.5. The molecule has 8 nitrogen and oxygen atoms in total. The second-order valence-electron chi connectivity index (χ2n) is 8.09. The van der Waals surface area contributed by atoms with Crippen LogP contribution in [0.3, 0.4) is 0 Å². The van der Waals surface area contributed by atoms with Crippen LogP contribution in [0.25, 0.3) is 11.0 Å². The molecule has 0 saturated heterocycles. The highest BCUT2D eigenvalue weighted by atomic mass is 16.5. The first kappa shape index (κ1) is 22.9. The fraction of sp³-hybridized carbons (Fsp3) is 0.143. The van der Waals surface area contributed by atoms with E-state index in [-0.39, 0.29) is 29.4 Å². The van der Waals surface area contributed by atoms with Crippen LogP contribution in [0.15, 0.2) is 87.4 Å². The molecule has 1 aromatic heterocycles. The van der Waals surface area contributed by atoms with Crippen LogP contribution >= 0.6 is 0 Å². The van der Waals surface area contributed by atoms with Crippen molar-refractivity contribution in [2.75, 3.05) is 14.2 Å². The van der Waals surface area contributed by atoms with Gasteiger partial charge < -0.3 is 29.1 Å². The number of allylic oxidation sites excluding steroid dienone is 1. The molecule has 1 aliphatic rings. The number of nitrogens with zero attached hydrogens (tertiary/aromatic N) is 1. The fourth-order valence-electron chi connectivity index (χ4n) is 4.34. The third-order valence-corrected chi connectivity index (χ3v) is 6.07. The summed E-state index contributed by atoms with van der Waals surface area (Å²) in [6.07, 6.45) is 0. The number of hydrogen-bond donors (Lipinski definition) is 1. The number of hydrogen-bond acceptors (Lipinski definition) is 8. The molecule has 1 aliphatic heterocycles. The van der Waals surface area contributed by atoms with E-state index in [1.807, 2.05) is 24.3 Å². The van der Waals surface area contributed by atoms with Crippen molar-refractivity contribution >= 4 is 11.0 Å². The first-order valence-electron chi connectivity index (χ1n) is 11.1. The van der Waals surface area contributed by atoms with E-state index in [2.05, 4.69) is 6.07 Å². The summed E-state index contributed by atoms with van der Waals surface area (Å²) in [5, 5.41) is 10.6. The Morgan fingerprint density at radius 3 is 2.50 bits per heavy atom. The molecule has 1 unspecified atom stereocenters. The molecule has 0 aliphatic carbocycles. The molecule has 3 aromatic carbocycles. The fourth-order valence-corrected chi connectivity index (χ4v) is 4.34. The molecule has 2 N–H and O–H groups in total. The molecule has 1 atom stereocenters. The molecule has 0 radical (unpaired) electrons. The molecular weight excluding hydrogens is 460 g/mol. The van der Waals surface area contributed by atoms with Gasteiger partial charge in [0, 0.05) is 6.07 Å². The van der Waals surface area contributed by atoms with Crippen molar-refractivity contribution in [3.8, 4) is 29.1 Å². The molecule has 0 amide bonds. The maximum atomic E-state index is 13.2. The lowest BCUT2D eigenvalue weighted by molar-refractivity contribution is 0.301. The van der Waals surface area contributed by atoms with Gasteiger partial charge in [0.1, 0.15) is 41.1 Å². The van der Waals surface area contributed by atoms with Gasteiger partial charge >= 0.3 is 5.63 Å². The van der Waals surface area contributed by atoms with Crippen molar-refractivity contribution in [3.05, 3.63) is 105 Å². The number of nitriles is 1. The van der Waals surface area contributed by atoms with E-state index in [1.54, 1.807) is 56.7 Å². The SMILES string of the molecule is COc1cccc(OCc2cc(OC)ccc2C2C(C#N)=C(N)Oc3c2c(=O)oc2ccccc32)c1. The minimum Gasteiger partial charge on any atom is -0.497 e. The lowest BCUT2D eigenvalue weighted by Crippen LogP contribution is -2.27. The van der Waals surface area contributed by atoms with Crippen molar-refractivity contribution in [1.82, 2.24) is 0 Å². The van der Waals surface area contributed by atoms with E-state index in [9.17, 15) is 10.1 Å². The Bertz CT molecular complexity index is 1600. The zero-order valence-corrected chi connectivity index (χ0v) is 19.6. The van der Waals surface area contributed by atoms with Crippen LogP contribution in [0.1, 0.15) is 22.6 Å². The van der Waals surface area contributed by atoms with Crippen molar-refractivity contribution in [1.29, 1.82) is 5.26 Å². The molecule has 2 heterocycles. The van der Waals surface area contributed by atoms with Gasteiger partial charge in [-0.1, -0.05) is 24.3 Å². The normalized spacial score (nSPS) is 14.5. The molecular formula is C28H22N2O6. The maximum Gasteiger partial charge on any atom is 0.344 e. The minimum absolute atomic E-state index is 0.0683. The average Bonchev–Trinajstić information content (AvgIpc) is 2.91. The second kappa shape index (κ2) is 9.39. The lowest BCUT2D eigenvalue weighted by Gasteiger charge is -2.27. The van der Waals surface area contributed by atoms with E-state index in [4.69, 9.17) is 29.1 Å². The molecule has 0 spiro atoms. The summed E-state index contributed by atoms with van der Waals surface area (Å²) in [5.41, 5.74) is 7.62. The Morgan fingerprint density at radius 1 is 0.972 bits per heavy atom. The summed E-state index contributed by atoms with van der Waals surface area (Å²) in [6, 6.07) is 21.7. The van der Waals surface area contributed by atoms with Gasteiger partial charge in [-0.15, -0.1) is 0 Å². The predicted molar refractivity (Wildman–Crippen MR) is 132 cm³/mol. The van der Waals surface area contributed by atoms with Crippen LogP contribution < -0.4 is 30.3 Å². The predicted octanol–water partition coefficient (Wildman–Crippen LogP) is 4.61. The first-order valence-corrected chi connectivity index (χ1v) is 11.1. The number of rotatable bonds is 6. The Balaban J connectivity index is 1.67. The van der Waals surface area contributed by atoms with Crippen molar-refractivity contribution < 1.29 is 23.4 Å². The quantitative estimate of drug-likeness (QED) is 0.396. The van der Waals surface area contributed by atoms with Crippen LogP contribution in [0.5, 0.6) is 23.0 Å². The standard InChI is InChI=1S/C28H22N2O6/c1-32-17-6-5-7-19(13-17)34-15-16-12-18(33-2)10-11-20(16)24-22(14-29)27(30)36-26-21-8-3-4-9-23(21)35-28(31)25(24)26/h3-13,24H,15,30H2,1-2H3. The van der Waals surface area contributed by atoms with Crippen LogP contribution in [-0.4, -0.2) is 14.2 Å². The third-order valence-electron chi connectivity index (χ3n) is 6.07. The molecule has 36 heavy (non-hydrogen) atoms. The molecule has 0 saturated carbocycles. The molecule has 0 bridgehead atoms. The monoisotopic (exact) mass is 482 g/mol. The summed E-state index contributed by atoms with van der Waals surface area (Å²) in [4.78, 5) is 13.2. The highest BCUT2D eigenvalue weighted by molar-refractivity contribution is 5.86.